The molecule has 0 aliphatic rings. The lowest BCUT2D eigenvalue weighted by atomic mass is 9.92. The summed E-state index contributed by atoms with van der Waals surface area (Å²) in [6.45, 7) is 18.8. The first-order chi connectivity index (χ1) is 26.2. The summed E-state index contributed by atoms with van der Waals surface area (Å²) in [6.07, 6.45) is 18.8. The molecule has 0 saturated carbocycles. The normalized spacial score (nSPS) is 14.3. The van der Waals surface area contributed by atoms with Crippen molar-refractivity contribution in [1.29, 1.82) is 5.41 Å². The van der Waals surface area contributed by atoms with Crippen LogP contribution in [-0.4, -0.2) is 33.7 Å². The second kappa shape index (κ2) is 27.1. The molecular formula is C44H76N8O2. The molecule has 4 atom stereocenters. The predicted molar refractivity (Wildman–Crippen MR) is 229 cm³/mol. The summed E-state index contributed by atoms with van der Waals surface area (Å²) in [5.74, 6) is 1.36. The monoisotopic (exact) mass is 749 g/mol. The SMILES string of the molecule is CCCCC(CC)CNC(=O)C(=NNc1ccc(N=Nc2c(CC(CC)CCCC)[nH]n(CC(CC)CCCC)c2=O)cc1)C(=N)CC(CC)CCCC. The van der Waals surface area contributed by atoms with Gasteiger partial charge in [-0.1, -0.05) is 145 Å². The molecule has 54 heavy (non-hydrogen) atoms. The zero-order valence-corrected chi connectivity index (χ0v) is 35.4. The fraction of sp³-hybridized carbons (Fsp3) is 0.727. The van der Waals surface area contributed by atoms with Crippen molar-refractivity contribution in [2.24, 2.45) is 39.0 Å². The van der Waals surface area contributed by atoms with E-state index in [1.165, 1.54) is 6.42 Å². The molecule has 0 spiro atoms. The van der Waals surface area contributed by atoms with Crippen molar-refractivity contribution in [2.45, 2.75) is 178 Å². The molecule has 2 rings (SSSR count). The van der Waals surface area contributed by atoms with Gasteiger partial charge < -0.3 is 10.7 Å². The molecule has 10 heteroatoms. The minimum Gasteiger partial charge on any atom is -0.350 e. The Bertz CT molecular complexity index is 1460. The zero-order chi connectivity index (χ0) is 39.7. The number of aromatic nitrogens is 2. The maximum absolute atomic E-state index is 13.7. The third kappa shape index (κ3) is 16.4. The number of H-pyrrole nitrogens is 1. The molecule has 0 bridgehead atoms. The Kier molecular flexibility index (Phi) is 23.4. The Morgan fingerprint density at radius 2 is 1.28 bits per heavy atom. The number of unbranched alkanes of at least 4 members (excludes halogenated alkanes) is 4. The fourth-order valence-corrected chi connectivity index (χ4v) is 6.98. The van der Waals surface area contributed by atoms with Crippen LogP contribution in [0.2, 0.25) is 0 Å². The van der Waals surface area contributed by atoms with Crippen LogP contribution in [0.15, 0.2) is 44.4 Å². The van der Waals surface area contributed by atoms with E-state index in [-0.39, 0.29) is 22.9 Å². The number of benzene rings is 1. The molecule has 1 amide bonds. The smallest absolute Gasteiger partial charge is 0.294 e. The van der Waals surface area contributed by atoms with Crippen molar-refractivity contribution in [3.05, 3.63) is 40.3 Å². The summed E-state index contributed by atoms with van der Waals surface area (Å²) in [5, 5.41) is 29.1. The number of hydrogen-bond donors (Lipinski definition) is 4. The second-order valence-electron chi connectivity index (χ2n) is 15.4. The van der Waals surface area contributed by atoms with Crippen LogP contribution in [0.4, 0.5) is 17.1 Å². The van der Waals surface area contributed by atoms with Crippen molar-refractivity contribution in [1.82, 2.24) is 15.1 Å². The Morgan fingerprint density at radius 3 is 1.83 bits per heavy atom. The van der Waals surface area contributed by atoms with Gasteiger partial charge in [0.05, 0.1) is 22.8 Å². The van der Waals surface area contributed by atoms with Gasteiger partial charge in [0.2, 0.25) is 0 Å². The first kappa shape index (κ1) is 46.6. The topological polar surface area (TPSA) is 140 Å². The van der Waals surface area contributed by atoms with Crippen LogP contribution in [0.3, 0.4) is 0 Å². The number of rotatable bonds is 30. The van der Waals surface area contributed by atoms with Crippen LogP contribution in [0.1, 0.15) is 170 Å². The first-order valence-electron chi connectivity index (χ1n) is 21.7. The number of amides is 1. The number of azo groups is 1. The van der Waals surface area contributed by atoms with E-state index < -0.39 is 0 Å². The number of hydrogen-bond acceptors (Lipinski definition) is 7. The highest BCUT2D eigenvalue weighted by Crippen LogP contribution is 2.26. The van der Waals surface area contributed by atoms with E-state index >= 15 is 0 Å². The largest absolute Gasteiger partial charge is 0.350 e. The van der Waals surface area contributed by atoms with E-state index in [0.29, 0.717) is 60.2 Å². The molecule has 4 N–H and O–H groups in total. The van der Waals surface area contributed by atoms with Gasteiger partial charge in [0.25, 0.3) is 11.5 Å². The van der Waals surface area contributed by atoms with E-state index in [4.69, 9.17) is 5.41 Å². The van der Waals surface area contributed by atoms with Crippen molar-refractivity contribution in [3.8, 4) is 0 Å². The van der Waals surface area contributed by atoms with E-state index in [1.54, 1.807) is 4.68 Å². The van der Waals surface area contributed by atoms with Crippen LogP contribution in [0.5, 0.6) is 0 Å². The van der Waals surface area contributed by atoms with Crippen LogP contribution in [0.25, 0.3) is 0 Å². The van der Waals surface area contributed by atoms with E-state index in [1.807, 2.05) is 24.3 Å². The van der Waals surface area contributed by atoms with Gasteiger partial charge in [-0.25, -0.2) is 0 Å². The molecule has 1 heterocycles. The maximum Gasteiger partial charge on any atom is 0.294 e. The Balaban J connectivity index is 2.33. The Morgan fingerprint density at radius 1 is 0.741 bits per heavy atom. The molecular weight excluding hydrogens is 673 g/mol. The number of carbonyl (C=O) groups excluding carboxylic acids is 1. The average molecular weight is 749 g/mol. The molecule has 1 aromatic heterocycles. The van der Waals surface area contributed by atoms with Crippen LogP contribution in [-0.2, 0) is 17.8 Å². The summed E-state index contributed by atoms with van der Waals surface area (Å²) in [4.78, 5) is 27.2. The Labute approximate surface area is 327 Å². The van der Waals surface area contributed by atoms with E-state index in [9.17, 15) is 9.59 Å². The number of carbonyl (C=O) groups is 1. The standard InChI is InChI=1S/C44H76N8O2/c1-9-17-21-33(13-5)29-39(45)41(43(53)46-31-35(15-7)23-19-11-3)49-47-37-25-27-38(28-26-37)48-50-42-40(30-34(14-6)22-18-10-2)51-52(44(42)54)32-36(16-8)24-20-12-4/h25-28,33-36,45,47,51H,9-24,29-32H2,1-8H3,(H,46,53). The molecule has 0 aliphatic carbocycles. The number of anilines is 1. The van der Waals surface area contributed by atoms with Gasteiger partial charge in [-0.15, -0.1) is 5.11 Å². The third-order valence-electron chi connectivity index (χ3n) is 11.1. The molecule has 2 aromatic rings. The van der Waals surface area contributed by atoms with Gasteiger partial charge in [0.1, 0.15) is 0 Å². The lowest BCUT2D eigenvalue weighted by molar-refractivity contribution is -0.114. The van der Waals surface area contributed by atoms with Crippen LogP contribution >= 0.6 is 0 Å². The van der Waals surface area contributed by atoms with Gasteiger partial charge >= 0.3 is 0 Å². The number of nitrogens with zero attached hydrogens (tertiary/aromatic N) is 4. The molecule has 1 aromatic carbocycles. The highest BCUT2D eigenvalue weighted by Gasteiger charge is 2.22. The number of hydrazone groups is 1. The van der Waals surface area contributed by atoms with Gasteiger partial charge in [-0.3, -0.25) is 24.8 Å². The first-order valence-corrected chi connectivity index (χ1v) is 21.7. The van der Waals surface area contributed by atoms with Gasteiger partial charge in [-0.05, 0) is 73.6 Å². The van der Waals surface area contributed by atoms with Crippen molar-refractivity contribution >= 4 is 34.4 Å². The van der Waals surface area contributed by atoms with Crippen LogP contribution < -0.4 is 16.3 Å². The number of nitrogens with one attached hydrogen (secondary N) is 4. The van der Waals surface area contributed by atoms with Crippen molar-refractivity contribution < 1.29 is 4.79 Å². The van der Waals surface area contributed by atoms with E-state index in [0.717, 1.165) is 108 Å². The summed E-state index contributed by atoms with van der Waals surface area (Å²) in [5.41, 5.74) is 5.89. The van der Waals surface area contributed by atoms with Crippen molar-refractivity contribution in [3.63, 3.8) is 0 Å². The summed E-state index contributed by atoms with van der Waals surface area (Å²) in [6, 6.07) is 7.31. The molecule has 0 aliphatic heterocycles. The van der Waals surface area contributed by atoms with E-state index in [2.05, 4.69) is 86.6 Å². The van der Waals surface area contributed by atoms with Crippen molar-refractivity contribution in [2.75, 3.05) is 12.0 Å². The maximum atomic E-state index is 13.7. The molecule has 4 unspecified atom stereocenters. The number of aromatic amines is 1. The highest BCUT2D eigenvalue weighted by atomic mass is 16.2. The minimum absolute atomic E-state index is 0.106. The highest BCUT2D eigenvalue weighted by molar-refractivity contribution is 6.66. The lowest BCUT2D eigenvalue weighted by Crippen LogP contribution is -2.39. The molecule has 10 nitrogen and oxygen atoms in total. The van der Waals surface area contributed by atoms with Gasteiger partial charge in [0.15, 0.2) is 11.4 Å². The van der Waals surface area contributed by atoms with Gasteiger partial charge in [0, 0.05) is 13.1 Å². The second-order valence-corrected chi connectivity index (χ2v) is 15.4. The predicted octanol–water partition coefficient (Wildman–Crippen LogP) is 12.3. The third-order valence-corrected chi connectivity index (χ3v) is 11.1. The summed E-state index contributed by atoms with van der Waals surface area (Å²) >= 11 is 0. The fourth-order valence-electron chi connectivity index (χ4n) is 6.98. The molecule has 304 valence electrons. The lowest BCUT2D eigenvalue weighted by Gasteiger charge is -2.18. The zero-order valence-electron chi connectivity index (χ0n) is 35.4. The van der Waals surface area contributed by atoms with Gasteiger partial charge in [-0.2, -0.15) is 10.2 Å². The van der Waals surface area contributed by atoms with Crippen LogP contribution in [0, 0.1) is 29.1 Å². The Hall–Kier alpha value is -3.56. The average Bonchev–Trinajstić information content (AvgIpc) is 3.48. The molecule has 0 radical (unpaired) electrons. The minimum atomic E-state index is -0.304. The summed E-state index contributed by atoms with van der Waals surface area (Å²) < 4.78 is 1.76. The molecule has 0 saturated heterocycles. The summed E-state index contributed by atoms with van der Waals surface area (Å²) in [7, 11) is 0. The molecule has 0 fully saturated rings. The quantitative estimate of drug-likeness (QED) is 0.0359.